The van der Waals surface area contributed by atoms with Crippen molar-refractivity contribution in [3.05, 3.63) is 0 Å². The van der Waals surface area contributed by atoms with Gasteiger partial charge in [0.05, 0.1) is 11.7 Å². The quantitative estimate of drug-likeness (QED) is 0.194. The number of carbonyl (C=O) groups is 1. The fourth-order valence-corrected chi connectivity index (χ4v) is 10.2. The number of ether oxygens (including phenoxy) is 1. The monoisotopic (exact) mass is 568 g/mol. The van der Waals surface area contributed by atoms with Crippen molar-refractivity contribution in [2.75, 3.05) is 0 Å². The van der Waals surface area contributed by atoms with Gasteiger partial charge in [0.15, 0.2) is 16.6 Å². The molecule has 0 aromatic carbocycles. The Labute approximate surface area is 239 Å². The van der Waals surface area contributed by atoms with Gasteiger partial charge < -0.3 is 13.6 Å². The third-order valence-corrected chi connectivity index (χ3v) is 20.5. The molecule has 4 nitrogen and oxygen atoms in total. The van der Waals surface area contributed by atoms with Crippen molar-refractivity contribution in [3.8, 4) is 0 Å². The van der Waals surface area contributed by atoms with Crippen LogP contribution in [-0.2, 0) is 18.4 Å². The number of esters is 1. The average Bonchev–Trinajstić information content (AvgIpc) is 3.06. The van der Waals surface area contributed by atoms with Crippen LogP contribution in [0.5, 0.6) is 0 Å². The summed E-state index contributed by atoms with van der Waals surface area (Å²) in [7, 11) is -3.95. The molecule has 224 valence electrons. The van der Waals surface area contributed by atoms with Crippen LogP contribution in [0.4, 0.5) is 0 Å². The first-order valence-corrected chi connectivity index (χ1v) is 21.3. The SMILES string of the molecule is CC(=O)OC1CCCC2(C)C(C(C)CCC(O[Si](C)(C)C(C)(C)C)C(C)(C)O[Si](C)(C)C(C)(C)C)CCC12. The highest BCUT2D eigenvalue weighted by Gasteiger charge is 2.54. The molecule has 0 saturated heterocycles. The van der Waals surface area contributed by atoms with Gasteiger partial charge in [-0.3, -0.25) is 4.79 Å². The number of rotatable bonds is 10. The molecule has 0 bridgehead atoms. The summed E-state index contributed by atoms with van der Waals surface area (Å²) in [5.74, 6) is 1.66. The van der Waals surface area contributed by atoms with Crippen LogP contribution in [0.3, 0.4) is 0 Å². The van der Waals surface area contributed by atoms with Crippen molar-refractivity contribution in [1.29, 1.82) is 0 Å². The van der Waals surface area contributed by atoms with E-state index in [9.17, 15) is 4.79 Å². The molecule has 0 N–H and O–H groups in total. The molecule has 0 aromatic heterocycles. The molecule has 2 aliphatic carbocycles. The van der Waals surface area contributed by atoms with Crippen LogP contribution in [0.1, 0.15) is 121 Å². The highest BCUT2D eigenvalue weighted by atomic mass is 28.4. The van der Waals surface area contributed by atoms with Crippen LogP contribution in [0.2, 0.25) is 36.3 Å². The molecule has 0 aliphatic heterocycles. The first-order valence-electron chi connectivity index (χ1n) is 15.5. The van der Waals surface area contributed by atoms with Crippen LogP contribution < -0.4 is 0 Å². The molecule has 0 amide bonds. The second kappa shape index (κ2) is 11.6. The maximum absolute atomic E-state index is 11.8. The van der Waals surface area contributed by atoms with Crippen LogP contribution in [0, 0.1) is 23.2 Å². The van der Waals surface area contributed by atoms with E-state index in [2.05, 4.69) is 95.4 Å². The molecule has 6 unspecified atom stereocenters. The lowest BCUT2D eigenvalue weighted by molar-refractivity contribution is -0.155. The van der Waals surface area contributed by atoms with Crippen molar-refractivity contribution in [3.63, 3.8) is 0 Å². The fourth-order valence-electron chi connectivity index (χ4n) is 7.02. The zero-order valence-electron chi connectivity index (χ0n) is 28.0. The summed E-state index contributed by atoms with van der Waals surface area (Å²) in [4.78, 5) is 11.8. The molecule has 6 heteroatoms. The van der Waals surface area contributed by atoms with Gasteiger partial charge in [0.1, 0.15) is 6.10 Å². The van der Waals surface area contributed by atoms with Crippen LogP contribution in [-0.4, -0.2) is 40.4 Å². The molecule has 0 heterocycles. The van der Waals surface area contributed by atoms with Gasteiger partial charge in [0, 0.05) is 12.8 Å². The number of hydrogen-bond donors (Lipinski definition) is 0. The Bertz CT molecular complexity index is 807. The van der Waals surface area contributed by atoms with Crippen molar-refractivity contribution in [2.45, 2.75) is 175 Å². The minimum atomic E-state index is -1.98. The van der Waals surface area contributed by atoms with E-state index in [1.54, 1.807) is 6.92 Å². The van der Waals surface area contributed by atoms with Crippen LogP contribution in [0.25, 0.3) is 0 Å². The molecule has 0 radical (unpaired) electrons. The highest BCUT2D eigenvalue weighted by molar-refractivity contribution is 6.74. The van der Waals surface area contributed by atoms with Gasteiger partial charge in [0.25, 0.3) is 0 Å². The summed E-state index contributed by atoms with van der Waals surface area (Å²) in [6, 6.07) is 0. The molecule has 2 aliphatic rings. The van der Waals surface area contributed by atoms with E-state index < -0.39 is 16.6 Å². The summed E-state index contributed by atoms with van der Waals surface area (Å²) < 4.78 is 20.2. The van der Waals surface area contributed by atoms with Crippen LogP contribution in [0.15, 0.2) is 0 Å². The second-order valence-electron chi connectivity index (χ2n) is 16.7. The van der Waals surface area contributed by atoms with Gasteiger partial charge in [-0.05, 0) is 112 Å². The Morgan fingerprint density at radius 2 is 1.45 bits per heavy atom. The van der Waals surface area contributed by atoms with Crippen molar-refractivity contribution >= 4 is 22.6 Å². The van der Waals surface area contributed by atoms with Gasteiger partial charge in [-0.2, -0.15) is 0 Å². The summed E-state index contributed by atoms with van der Waals surface area (Å²) in [5.41, 5.74) is -0.0770. The highest BCUT2D eigenvalue weighted by Crippen LogP contribution is 2.59. The van der Waals surface area contributed by atoms with Gasteiger partial charge >= 0.3 is 5.97 Å². The lowest BCUT2D eigenvalue weighted by Crippen LogP contribution is -2.56. The molecule has 2 rings (SSSR count). The number of carbonyl (C=O) groups excluding carboxylic acids is 1. The standard InChI is InChI=1S/C32H64O4Si2/c1-23(25-19-20-26-27(34-24(2)33)17-16-22-32(25,26)11)18-21-28(35-37(12,13)29(3,4)5)31(9,10)36-38(14,15)30(6,7)8/h23,25-28H,16-22H2,1-15H3. The Morgan fingerprint density at radius 3 is 1.95 bits per heavy atom. The molecule has 6 atom stereocenters. The Balaban J connectivity index is 2.25. The second-order valence-corrected chi connectivity index (χ2v) is 26.2. The van der Waals surface area contributed by atoms with E-state index in [0.29, 0.717) is 17.8 Å². The smallest absolute Gasteiger partial charge is 0.302 e. The molecule has 2 fully saturated rings. The Morgan fingerprint density at radius 1 is 0.895 bits per heavy atom. The van der Waals surface area contributed by atoms with E-state index in [1.165, 1.54) is 25.7 Å². The predicted molar refractivity (Wildman–Crippen MR) is 167 cm³/mol. The first kappa shape index (κ1) is 34.0. The first-order chi connectivity index (χ1) is 16.9. The summed E-state index contributed by atoms with van der Waals surface area (Å²) in [6.45, 7) is 34.6. The largest absolute Gasteiger partial charge is 0.462 e. The third kappa shape index (κ3) is 7.56. The third-order valence-electron chi connectivity index (χ3n) is 11.4. The molecule has 0 spiro atoms. The molecular weight excluding hydrogens is 505 g/mol. The Kier molecular flexibility index (Phi) is 10.4. The van der Waals surface area contributed by atoms with Gasteiger partial charge in [0.2, 0.25) is 0 Å². The van der Waals surface area contributed by atoms with E-state index in [4.69, 9.17) is 13.6 Å². The molecular formula is C32H64O4Si2. The van der Waals surface area contributed by atoms with Crippen molar-refractivity contribution in [2.24, 2.45) is 23.2 Å². The normalized spacial score (nSPS) is 29.1. The van der Waals surface area contributed by atoms with Crippen molar-refractivity contribution in [1.82, 2.24) is 0 Å². The number of fused-ring (bicyclic) bond motifs is 1. The minimum absolute atomic E-state index is 0.0742. The predicted octanol–water partition coefficient (Wildman–Crippen LogP) is 9.74. The van der Waals surface area contributed by atoms with Crippen molar-refractivity contribution < 1.29 is 18.4 Å². The summed E-state index contributed by atoms with van der Waals surface area (Å²) >= 11 is 0. The minimum Gasteiger partial charge on any atom is -0.462 e. The summed E-state index contributed by atoms with van der Waals surface area (Å²) in [5, 5.41) is 0.315. The number of hydrogen-bond acceptors (Lipinski definition) is 4. The zero-order chi connectivity index (χ0) is 29.5. The molecule has 38 heavy (non-hydrogen) atoms. The zero-order valence-corrected chi connectivity index (χ0v) is 30.0. The van der Waals surface area contributed by atoms with E-state index in [-0.39, 0.29) is 39.3 Å². The van der Waals surface area contributed by atoms with E-state index in [0.717, 1.165) is 19.3 Å². The topological polar surface area (TPSA) is 44.8 Å². The average molecular weight is 569 g/mol. The van der Waals surface area contributed by atoms with E-state index >= 15 is 0 Å². The van der Waals surface area contributed by atoms with Gasteiger partial charge in [-0.25, -0.2) is 0 Å². The maximum Gasteiger partial charge on any atom is 0.302 e. The molecule has 2 saturated carbocycles. The molecule has 0 aromatic rings. The lowest BCUT2D eigenvalue weighted by Gasteiger charge is -2.49. The lowest BCUT2D eigenvalue weighted by atomic mass is 9.61. The van der Waals surface area contributed by atoms with Gasteiger partial charge in [-0.15, -0.1) is 0 Å². The van der Waals surface area contributed by atoms with Crippen LogP contribution >= 0.6 is 0 Å². The van der Waals surface area contributed by atoms with E-state index in [1.807, 2.05) is 0 Å². The Hall–Kier alpha value is -0.176. The van der Waals surface area contributed by atoms with Gasteiger partial charge in [-0.1, -0.05) is 55.4 Å². The summed E-state index contributed by atoms with van der Waals surface area (Å²) in [6.07, 6.45) is 8.25. The fraction of sp³-hybridized carbons (Fsp3) is 0.969. The maximum atomic E-state index is 11.8.